The van der Waals surface area contributed by atoms with Gasteiger partial charge < -0.3 is 16.2 Å². The smallest absolute Gasteiger partial charge is 0.236 e. The average Bonchev–Trinajstić information content (AvgIpc) is 2.74. The maximum Gasteiger partial charge on any atom is 0.236 e. The molecule has 4 N–H and O–H groups in total. The minimum Gasteiger partial charge on any atom is -0.480 e. The molecule has 0 bridgehead atoms. The highest BCUT2D eigenvalue weighted by Gasteiger charge is 2.10. The predicted octanol–water partition coefficient (Wildman–Crippen LogP) is 5.25. The lowest BCUT2D eigenvalue weighted by molar-refractivity contribution is 0.400. The van der Waals surface area contributed by atoms with Gasteiger partial charge in [0, 0.05) is 27.6 Å². The van der Waals surface area contributed by atoms with Crippen LogP contribution in [0, 0.1) is 0 Å². The zero-order valence-electron chi connectivity index (χ0n) is 16.3. The first-order chi connectivity index (χ1) is 14.1. The molecule has 4 rings (SSSR count). The Morgan fingerprint density at radius 3 is 2.38 bits per heavy atom. The second-order valence-corrected chi connectivity index (χ2v) is 7.95. The molecular weight excluding hydrogens is 380 g/mol. The lowest BCUT2D eigenvalue weighted by Crippen LogP contribution is -1.96. The van der Waals surface area contributed by atoms with Gasteiger partial charge in [-0.15, -0.1) is 11.8 Å². The van der Waals surface area contributed by atoms with Gasteiger partial charge in [0.2, 0.25) is 5.88 Å². The summed E-state index contributed by atoms with van der Waals surface area (Å²) in [4.78, 5) is 10.1. The second kappa shape index (κ2) is 8.01. The average molecular weight is 403 g/mol. The Morgan fingerprint density at radius 1 is 0.931 bits per heavy atom. The van der Waals surface area contributed by atoms with E-state index >= 15 is 0 Å². The number of methoxy groups -OCH3 is 1. The van der Waals surface area contributed by atoms with Gasteiger partial charge in [0.15, 0.2) is 0 Å². The molecule has 146 valence electrons. The van der Waals surface area contributed by atoms with Crippen molar-refractivity contribution >= 4 is 34.2 Å². The van der Waals surface area contributed by atoms with Crippen LogP contribution in [0.1, 0.15) is 6.92 Å². The molecule has 4 aromatic rings. The SMILES string of the molecule is CCSc1ccc(-c2cc3cc(-c4cnc(OC)c(N)c4)ccc3nc2N)cc1. The van der Waals surface area contributed by atoms with E-state index in [1.807, 2.05) is 30.0 Å². The molecule has 0 amide bonds. The number of rotatable bonds is 5. The van der Waals surface area contributed by atoms with Crippen molar-refractivity contribution in [2.75, 3.05) is 24.3 Å². The fourth-order valence-corrected chi connectivity index (χ4v) is 3.96. The lowest BCUT2D eigenvalue weighted by Gasteiger charge is -2.10. The third-order valence-electron chi connectivity index (χ3n) is 4.73. The molecule has 2 aromatic carbocycles. The molecule has 0 fully saturated rings. The van der Waals surface area contributed by atoms with E-state index in [0.29, 0.717) is 17.4 Å². The minimum absolute atomic E-state index is 0.427. The molecule has 0 aliphatic carbocycles. The molecule has 0 atom stereocenters. The number of pyridine rings is 2. The summed E-state index contributed by atoms with van der Waals surface area (Å²) in [6, 6.07) is 18.4. The number of nitrogens with two attached hydrogens (primary N) is 2. The van der Waals surface area contributed by atoms with E-state index in [4.69, 9.17) is 16.2 Å². The van der Waals surface area contributed by atoms with Crippen LogP contribution in [0.5, 0.6) is 5.88 Å². The summed E-state index contributed by atoms with van der Waals surface area (Å²) in [6.07, 6.45) is 1.76. The molecule has 0 spiro atoms. The maximum atomic E-state index is 6.26. The number of nitrogens with zero attached hydrogens (tertiary/aromatic N) is 2. The largest absolute Gasteiger partial charge is 0.480 e. The van der Waals surface area contributed by atoms with Gasteiger partial charge in [-0.25, -0.2) is 9.97 Å². The van der Waals surface area contributed by atoms with Crippen LogP contribution in [0.3, 0.4) is 0 Å². The van der Waals surface area contributed by atoms with Gasteiger partial charge in [-0.05, 0) is 53.3 Å². The Hall–Kier alpha value is -3.25. The topological polar surface area (TPSA) is 87.0 Å². The molecule has 6 heteroatoms. The van der Waals surface area contributed by atoms with Gasteiger partial charge in [-0.3, -0.25) is 0 Å². The van der Waals surface area contributed by atoms with E-state index in [1.165, 1.54) is 4.90 Å². The van der Waals surface area contributed by atoms with E-state index in [9.17, 15) is 0 Å². The van der Waals surface area contributed by atoms with Gasteiger partial charge in [-0.2, -0.15) is 0 Å². The monoisotopic (exact) mass is 402 g/mol. The normalized spacial score (nSPS) is 11.0. The molecule has 2 aromatic heterocycles. The van der Waals surface area contributed by atoms with Crippen LogP contribution in [0.2, 0.25) is 0 Å². The molecule has 0 aliphatic heterocycles. The highest BCUT2D eigenvalue weighted by molar-refractivity contribution is 7.99. The van der Waals surface area contributed by atoms with Gasteiger partial charge in [0.05, 0.1) is 18.3 Å². The van der Waals surface area contributed by atoms with Crippen LogP contribution >= 0.6 is 11.8 Å². The summed E-state index contributed by atoms with van der Waals surface area (Å²) in [7, 11) is 1.56. The predicted molar refractivity (Wildman–Crippen MR) is 122 cm³/mol. The van der Waals surface area contributed by atoms with Crippen molar-refractivity contribution in [3.05, 3.63) is 60.8 Å². The van der Waals surface area contributed by atoms with Crippen molar-refractivity contribution < 1.29 is 4.74 Å². The first-order valence-electron chi connectivity index (χ1n) is 9.32. The number of hydrogen-bond donors (Lipinski definition) is 2. The van der Waals surface area contributed by atoms with Gasteiger partial charge in [-0.1, -0.05) is 25.1 Å². The van der Waals surface area contributed by atoms with Crippen LogP contribution in [0.25, 0.3) is 33.2 Å². The third kappa shape index (κ3) is 3.84. The molecule has 0 saturated heterocycles. The molecule has 0 saturated carbocycles. The van der Waals surface area contributed by atoms with Crippen LogP contribution in [0.15, 0.2) is 65.7 Å². The fourth-order valence-electron chi connectivity index (χ4n) is 3.30. The van der Waals surface area contributed by atoms with Gasteiger partial charge in [0.25, 0.3) is 0 Å². The molecule has 29 heavy (non-hydrogen) atoms. The van der Waals surface area contributed by atoms with E-state index in [2.05, 4.69) is 53.3 Å². The van der Waals surface area contributed by atoms with Crippen LogP contribution in [0.4, 0.5) is 11.5 Å². The Balaban J connectivity index is 1.76. The number of fused-ring (bicyclic) bond motifs is 1. The summed E-state index contributed by atoms with van der Waals surface area (Å²) >= 11 is 1.82. The first-order valence-corrected chi connectivity index (χ1v) is 10.3. The van der Waals surface area contributed by atoms with Crippen LogP contribution in [-0.2, 0) is 0 Å². The highest BCUT2D eigenvalue weighted by Crippen LogP contribution is 2.33. The van der Waals surface area contributed by atoms with Crippen LogP contribution in [-0.4, -0.2) is 22.8 Å². The minimum atomic E-state index is 0.427. The second-order valence-electron chi connectivity index (χ2n) is 6.61. The maximum absolute atomic E-state index is 6.26. The van der Waals surface area contributed by atoms with Gasteiger partial charge >= 0.3 is 0 Å². The number of aromatic nitrogens is 2. The van der Waals surface area contributed by atoms with E-state index in [-0.39, 0.29) is 0 Å². The van der Waals surface area contributed by atoms with Crippen molar-refractivity contribution in [2.24, 2.45) is 0 Å². The number of ether oxygens (including phenoxy) is 1. The number of nitrogen functional groups attached to an aromatic ring is 2. The molecule has 0 unspecified atom stereocenters. The van der Waals surface area contributed by atoms with Crippen LogP contribution < -0.4 is 16.2 Å². The molecule has 0 aliphatic rings. The zero-order valence-corrected chi connectivity index (χ0v) is 17.2. The van der Waals surface area contributed by atoms with E-state index in [1.54, 1.807) is 13.3 Å². The number of thioether (sulfide) groups is 1. The third-order valence-corrected chi connectivity index (χ3v) is 5.62. The van der Waals surface area contributed by atoms with Crippen molar-refractivity contribution in [3.63, 3.8) is 0 Å². The molecule has 0 radical (unpaired) electrons. The molecule has 5 nitrogen and oxygen atoms in total. The molecular formula is C23H22N4OS. The Bertz CT molecular complexity index is 1180. The van der Waals surface area contributed by atoms with Gasteiger partial charge in [0.1, 0.15) is 5.82 Å². The summed E-state index contributed by atoms with van der Waals surface area (Å²) in [6.45, 7) is 2.15. The summed E-state index contributed by atoms with van der Waals surface area (Å²) < 4.78 is 5.15. The summed E-state index contributed by atoms with van der Waals surface area (Å²) in [5.74, 6) is 2.00. The number of anilines is 2. The van der Waals surface area contributed by atoms with Crippen molar-refractivity contribution in [1.29, 1.82) is 0 Å². The summed E-state index contributed by atoms with van der Waals surface area (Å²) in [5.41, 5.74) is 17.5. The van der Waals surface area contributed by atoms with Crippen molar-refractivity contribution in [3.8, 4) is 28.1 Å². The fraction of sp³-hybridized carbons (Fsp3) is 0.130. The standard InChI is InChI=1S/C23H22N4OS/c1-3-29-18-7-4-14(5-8-18)19-11-16-10-15(6-9-21(16)27-22(19)25)17-12-20(24)23(28-2)26-13-17/h4-13H,3,24H2,1-2H3,(H2,25,27). The zero-order chi connectivity index (χ0) is 20.4. The quantitative estimate of drug-likeness (QED) is 0.443. The summed E-state index contributed by atoms with van der Waals surface area (Å²) in [5, 5.41) is 1.01. The Kier molecular flexibility index (Phi) is 5.27. The first kappa shape index (κ1) is 19.1. The Labute approximate surface area is 174 Å². The van der Waals surface area contributed by atoms with Crippen molar-refractivity contribution in [1.82, 2.24) is 9.97 Å². The molecule has 2 heterocycles. The Morgan fingerprint density at radius 2 is 1.69 bits per heavy atom. The van der Waals surface area contributed by atoms with E-state index in [0.717, 1.165) is 38.9 Å². The number of hydrogen-bond acceptors (Lipinski definition) is 6. The number of benzene rings is 2. The van der Waals surface area contributed by atoms with Crippen molar-refractivity contribution in [2.45, 2.75) is 11.8 Å². The lowest BCUT2D eigenvalue weighted by atomic mass is 10.0. The highest BCUT2D eigenvalue weighted by atomic mass is 32.2. The van der Waals surface area contributed by atoms with E-state index < -0.39 is 0 Å².